The number of hydrogen-bond donors (Lipinski definition) is 0. The number of fused-ring (bicyclic) bond motifs is 1. The number of thiophene rings is 1. The predicted molar refractivity (Wildman–Crippen MR) is 143 cm³/mol. The van der Waals surface area contributed by atoms with Crippen molar-refractivity contribution in [2.75, 3.05) is 47.1 Å². The fraction of sp³-hybridized carbons (Fsp3) is 0.370. The Morgan fingerprint density at radius 1 is 1.13 bits per heavy atom. The Morgan fingerprint density at radius 2 is 1.89 bits per heavy atom. The molecule has 1 aromatic heterocycles. The molecule has 2 aromatic carbocycles. The monoisotopic (exact) mass is 562 g/mol. The molecule has 0 saturated carbocycles. The number of halogens is 1. The minimum Gasteiger partial charge on any atom is -0.497 e. The van der Waals surface area contributed by atoms with Gasteiger partial charge in [0, 0.05) is 31.7 Å². The molecule has 0 aliphatic carbocycles. The minimum absolute atomic E-state index is 0.0469. The van der Waals surface area contributed by atoms with Gasteiger partial charge in [-0.3, -0.25) is 4.79 Å². The van der Waals surface area contributed by atoms with E-state index in [1.54, 1.807) is 47.6 Å². The maximum atomic E-state index is 14.2. The molecule has 0 unspecified atom stereocenters. The number of hydrogen-bond acceptors (Lipinski definition) is 7. The lowest BCUT2D eigenvalue weighted by Gasteiger charge is -2.37. The van der Waals surface area contributed by atoms with E-state index in [-0.39, 0.29) is 36.2 Å². The Hall–Kier alpha value is -2.99. The van der Waals surface area contributed by atoms with Crippen LogP contribution < -0.4 is 9.47 Å². The van der Waals surface area contributed by atoms with Gasteiger partial charge in [-0.25, -0.2) is 12.8 Å². The molecular weight excluding hydrogens is 531 g/mol. The van der Waals surface area contributed by atoms with Crippen LogP contribution in [0, 0.1) is 5.82 Å². The van der Waals surface area contributed by atoms with Gasteiger partial charge < -0.3 is 19.1 Å². The summed E-state index contributed by atoms with van der Waals surface area (Å²) in [5, 5.41) is 1.96. The third-order valence-corrected chi connectivity index (χ3v) is 9.27. The number of ether oxygens (including phenoxy) is 3. The number of methoxy groups -OCH3 is 2. The van der Waals surface area contributed by atoms with Crippen molar-refractivity contribution in [3.05, 3.63) is 76.2 Å². The third-order valence-electron chi connectivity index (χ3n) is 6.41. The highest BCUT2D eigenvalue weighted by Crippen LogP contribution is 2.34. The molecule has 3 aromatic rings. The van der Waals surface area contributed by atoms with Gasteiger partial charge >= 0.3 is 0 Å². The van der Waals surface area contributed by atoms with E-state index in [2.05, 4.69) is 0 Å². The number of benzene rings is 2. The van der Waals surface area contributed by atoms with Crippen molar-refractivity contribution in [2.45, 2.75) is 23.8 Å². The molecule has 0 bridgehead atoms. The Labute approximate surface area is 226 Å². The number of para-hydroxylation sites is 1. The Balaban J connectivity index is 1.57. The molecule has 0 fully saturated rings. The maximum Gasteiger partial charge on any atom is 0.243 e. The van der Waals surface area contributed by atoms with Crippen molar-refractivity contribution in [1.82, 2.24) is 9.21 Å². The molecule has 1 atom stereocenters. The summed E-state index contributed by atoms with van der Waals surface area (Å²) in [6.07, 6.45) is 1.08. The summed E-state index contributed by atoms with van der Waals surface area (Å²) < 4.78 is 58.5. The van der Waals surface area contributed by atoms with Gasteiger partial charge in [-0.05, 0) is 66.2 Å². The zero-order chi connectivity index (χ0) is 27.1. The van der Waals surface area contributed by atoms with Gasteiger partial charge in [0.25, 0.3) is 0 Å². The lowest BCUT2D eigenvalue weighted by molar-refractivity contribution is -0.135. The van der Waals surface area contributed by atoms with Crippen molar-refractivity contribution < 1.29 is 31.8 Å². The largest absolute Gasteiger partial charge is 0.497 e. The highest BCUT2D eigenvalue weighted by Gasteiger charge is 2.35. The number of carbonyl (C=O) groups excluding carboxylic acids is 1. The van der Waals surface area contributed by atoms with E-state index in [4.69, 9.17) is 14.2 Å². The van der Waals surface area contributed by atoms with Crippen molar-refractivity contribution >= 4 is 27.3 Å². The quantitative estimate of drug-likeness (QED) is 0.309. The van der Waals surface area contributed by atoms with Crippen molar-refractivity contribution in [1.29, 1.82) is 0 Å². The van der Waals surface area contributed by atoms with Crippen LogP contribution in [0.5, 0.6) is 11.5 Å². The lowest BCUT2D eigenvalue weighted by Crippen LogP contribution is -2.48. The van der Waals surface area contributed by atoms with E-state index in [0.29, 0.717) is 31.7 Å². The molecule has 8 nitrogen and oxygen atoms in total. The zero-order valence-corrected chi connectivity index (χ0v) is 23.0. The van der Waals surface area contributed by atoms with E-state index in [0.717, 1.165) is 10.4 Å². The fourth-order valence-electron chi connectivity index (χ4n) is 4.41. The second-order valence-corrected chi connectivity index (χ2v) is 11.7. The standard InChI is InChI=1S/C27H31FN2O6S2/c1-34-16-5-14-29(38(32,33)21-10-8-20(35-2)9-11-21)18-27(31)30-15-12-26-22(13-17-37-26)24(30)19-36-25-7-4-3-6-23(25)28/h3-4,6-11,13,17,24H,5,12,14-16,18-19H2,1-2H3/t24-/m1/s1. The average molecular weight is 563 g/mol. The van der Waals surface area contributed by atoms with Gasteiger partial charge in [-0.15, -0.1) is 11.3 Å². The molecule has 204 valence electrons. The van der Waals surface area contributed by atoms with Crippen molar-refractivity contribution in [3.63, 3.8) is 0 Å². The molecule has 1 amide bonds. The Kier molecular flexibility index (Phi) is 9.37. The van der Waals surface area contributed by atoms with Crippen LogP contribution in [0.2, 0.25) is 0 Å². The second-order valence-electron chi connectivity index (χ2n) is 8.75. The Bertz CT molecular complexity index is 1330. The van der Waals surface area contributed by atoms with Gasteiger partial charge in [-0.2, -0.15) is 4.31 Å². The van der Waals surface area contributed by atoms with Crippen molar-refractivity contribution in [3.8, 4) is 11.5 Å². The minimum atomic E-state index is -3.97. The molecule has 38 heavy (non-hydrogen) atoms. The first-order valence-corrected chi connectivity index (χ1v) is 14.5. The number of nitrogens with zero attached hydrogens (tertiary/aromatic N) is 2. The highest BCUT2D eigenvalue weighted by molar-refractivity contribution is 7.89. The fourth-order valence-corrected chi connectivity index (χ4v) is 6.77. The molecular formula is C27H31FN2O6S2. The molecule has 11 heteroatoms. The average Bonchev–Trinajstić information content (AvgIpc) is 3.41. The van der Waals surface area contributed by atoms with Gasteiger partial charge in [0.15, 0.2) is 11.6 Å². The summed E-state index contributed by atoms with van der Waals surface area (Å²) in [4.78, 5) is 16.5. The van der Waals surface area contributed by atoms with Gasteiger partial charge in [0.2, 0.25) is 15.9 Å². The zero-order valence-electron chi connectivity index (χ0n) is 21.3. The van der Waals surface area contributed by atoms with E-state index < -0.39 is 21.9 Å². The first-order valence-electron chi connectivity index (χ1n) is 12.2. The molecule has 0 radical (unpaired) electrons. The maximum absolute atomic E-state index is 14.2. The summed E-state index contributed by atoms with van der Waals surface area (Å²) in [5.41, 5.74) is 0.940. The molecule has 0 N–H and O–H groups in total. The second kappa shape index (κ2) is 12.7. The van der Waals surface area contributed by atoms with E-state index in [9.17, 15) is 17.6 Å². The van der Waals surface area contributed by atoms with Crippen LogP contribution in [0.15, 0.2) is 64.9 Å². The number of carbonyl (C=O) groups is 1. The molecule has 4 rings (SSSR count). The van der Waals surface area contributed by atoms with E-state index >= 15 is 0 Å². The first kappa shape index (κ1) is 28.0. The Morgan fingerprint density at radius 3 is 2.61 bits per heavy atom. The molecule has 0 saturated heterocycles. The van der Waals surface area contributed by atoms with Gasteiger partial charge in [0.1, 0.15) is 12.4 Å². The highest BCUT2D eigenvalue weighted by atomic mass is 32.2. The topological polar surface area (TPSA) is 85.4 Å². The molecule has 2 heterocycles. The van der Waals surface area contributed by atoms with Crippen LogP contribution in [0.3, 0.4) is 0 Å². The summed E-state index contributed by atoms with van der Waals surface area (Å²) in [6, 6.07) is 13.7. The summed E-state index contributed by atoms with van der Waals surface area (Å²) in [6.45, 7) is 0.580. The van der Waals surface area contributed by atoms with Gasteiger partial charge in [0.05, 0.1) is 24.6 Å². The number of amides is 1. The normalized spacial score (nSPS) is 15.4. The molecule has 0 spiro atoms. The van der Waals surface area contributed by atoms with Crippen LogP contribution in [-0.2, 0) is 26.0 Å². The van der Waals surface area contributed by atoms with Crippen LogP contribution in [0.4, 0.5) is 4.39 Å². The van der Waals surface area contributed by atoms with Crippen molar-refractivity contribution in [2.24, 2.45) is 0 Å². The summed E-state index contributed by atoms with van der Waals surface area (Å²) in [5.74, 6) is -0.200. The summed E-state index contributed by atoms with van der Waals surface area (Å²) >= 11 is 1.60. The predicted octanol–water partition coefficient (Wildman–Crippen LogP) is 4.13. The smallest absolute Gasteiger partial charge is 0.243 e. The SMILES string of the molecule is COCCCN(CC(=O)N1CCc2sccc2[C@H]1COc1ccccc1F)S(=O)(=O)c1ccc(OC)cc1. The molecule has 1 aliphatic rings. The lowest BCUT2D eigenvalue weighted by atomic mass is 10.0. The first-order chi connectivity index (χ1) is 18.3. The molecule has 1 aliphatic heterocycles. The number of sulfonamides is 1. The third kappa shape index (κ3) is 6.35. The van der Waals surface area contributed by atoms with E-state index in [1.165, 1.54) is 35.7 Å². The number of rotatable bonds is 12. The van der Waals surface area contributed by atoms with Crippen LogP contribution in [0.1, 0.15) is 22.9 Å². The van der Waals surface area contributed by atoms with Crippen LogP contribution in [0.25, 0.3) is 0 Å². The summed E-state index contributed by atoms with van der Waals surface area (Å²) in [7, 11) is -0.928. The van der Waals surface area contributed by atoms with E-state index in [1.807, 2.05) is 11.4 Å². The van der Waals surface area contributed by atoms with Crippen LogP contribution >= 0.6 is 11.3 Å². The van der Waals surface area contributed by atoms with Gasteiger partial charge in [-0.1, -0.05) is 12.1 Å². The van der Waals surface area contributed by atoms with Crippen LogP contribution in [-0.4, -0.2) is 70.6 Å².